The maximum Gasteiger partial charge on any atom is 0.300 e. The van der Waals surface area contributed by atoms with Gasteiger partial charge in [0.05, 0.1) is 11.3 Å². The van der Waals surface area contributed by atoms with Crippen LogP contribution in [0.2, 0.25) is 0 Å². The molecule has 5 nitrogen and oxygen atoms in total. The highest BCUT2D eigenvalue weighted by Gasteiger charge is 2.47. The van der Waals surface area contributed by atoms with E-state index in [1.807, 2.05) is 25.1 Å². The Hall–Kier alpha value is -3.73. The molecule has 0 radical (unpaired) electrons. The van der Waals surface area contributed by atoms with Crippen molar-refractivity contribution in [1.29, 1.82) is 0 Å². The van der Waals surface area contributed by atoms with Crippen LogP contribution in [0.1, 0.15) is 22.9 Å². The molecule has 2 heterocycles. The number of nitrogens with zero attached hydrogens (tertiary/aromatic N) is 2. The number of ketones is 1. The van der Waals surface area contributed by atoms with Crippen molar-refractivity contribution in [3.63, 3.8) is 0 Å². The van der Waals surface area contributed by atoms with Gasteiger partial charge in [-0.25, -0.2) is 0 Å². The van der Waals surface area contributed by atoms with Crippen molar-refractivity contribution in [2.24, 2.45) is 0 Å². The summed E-state index contributed by atoms with van der Waals surface area (Å²) in [5.74, 6) is -1.61. The molecule has 1 fully saturated rings. The molecule has 28 heavy (non-hydrogen) atoms. The molecule has 5 heteroatoms. The third-order valence-corrected chi connectivity index (χ3v) is 4.77. The molecule has 1 saturated heterocycles. The number of Topliss-reactive ketones (excluding diaryl/α,β-unsaturated/α-hetero) is 1. The highest BCUT2D eigenvalue weighted by Crippen LogP contribution is 2.41. The fourth-order valence-electron chi connectivity index (χ4n) is 3.37. The molecule has 1 atom stereocenters. The van der Waals surface area contributed by atoms with Crippen LogP contribution in [-0.2, 0) is 9.59 Å². The first-order valence-corrected chi connectivity index (χ1v) is 8.92. The van der Waals surface area contributed by atoms with Gasteiger partial charge in [-0.15, -0.1) is 0 Å². The first kappa shape index (κ1) is 17.7. The Morgan fingerprint density at radius 2 is 1.61 bits per heavy atom. The number of hydrogen-bond acceptors (Lipinski definition) is 4. The lowest BCUT2D eigenvalue weighted by Crippen LogP contribution is -2.29. The molecule has 1 aliphatic heterocycles. The Bertz CT molecular complexity index is 1060. The SMILES string of the molecule is Cc1ccc(N2C(=O)C(=O)/C(=C(\O)c3ccccc3)C2c2ccccn2)cc1. The quantitative estimate of drug-likeness (QED) is 0.429. The molecule has 1 N–H and O–H groups in total. The molecule has 0 aliphatic carbocycles. The topological polar surface area (TPSA) is 70.5 Å². The molecule has 0 saturated carbocycles. The fourth-order valence-corrected chi connectivity index (χ4v) is 3.37. The van der Waals surface area contributed by atoms with E-state index in [2.05, 4.69) is 4.98 Å². The summed E-state index contributed by atoms with van der Waals surface area (Å²) in [6.45, 7) is 1.95. The van der Waals surface area contributed by atoms with Gasteiger partial charge in [-0.3, -0.25) is 19.5 Å². The zero-order valence-electron chi connectivity index (χ0n) is 15.2. The number of hydrogen-bond donors (Lipinski definition) is 1. The maximum atomic E-state index is 12.9. The van der Waals surface area contributed by atoms with Crippen molar-refractivity contribution in [3.8, 4) is 0 Å². The van der Waals surface area contributed by atoms with Crippen LogP contribution in [0, 0.1) is 6.92 Å². The minimum absolute atomic E-state index is 0.0375. The molecule has 4 rings (SSSR count). The molecule has 138 valence electrons. The average Bonchev–Trinajstić information content (AvgIpc) is 3.00. The number of carbonyl (C=O) groups excluding carboxylic acids is 2. The van der Waals surface area contributed by atoms with Crippen LogP contribution in [0.4, 0.5) is 5.69 Å². The number of anilines is 1. The summed E-state index contributed by atoms with van der Waals surface area (Å²) in [7, 11) is 0. The number of aryl methyl sites for hydroxylation is 1. The predicted octanol–water partition coefficient (Wildman–Crippen LogP) is 4.02. The number of pyridine rings is 1. The molecular formula is C23H18N2O3. The first-order valence-electron chi connectivity index (χ1n) is 8.92. The van der Waals surface area contributed by atoms with Crippen molar-refractivity contribution in [2.45, 2.75) is 13.0 Å². The van der Waals surface area contributed by atoms with E-state index in [0.717, 1.165) is 5.56 Å². The predicted molar refractivity (Wildman–Crippen MR) is 107 cm³/mol. The van der Waals surface area contributed by atoms with Crippen molar-refractivity contribution in [3.05, 3.63) is 101 Å². The zero-order valence-corrected chi connectivity index (χ0v) is 15.2. The Morgan fingerprint density at radius 3 is 2.25 bits per heavy atom. The summed E-state index contributed by atoms with van der Waals surface area (Å²) in [6.07, 6.45) is 1.60. The second-order valence-electron chi connectivity index (χ2n) is 6.63. The number of aliphatic hydroxyl groups is 1. The van der Waals surface area contributed by atoms with E-state index in [1.54, 1.807) is 60.8 Å². The highest BCUT2D eigenvalue weighted by molar-refractivity contribution is 6.51. The molecular weight excluding hydrogens is 352 g/mol. The first-order chi connectivity index (χ1) is 13.6. The van der Waals surface area contributed by atoms with Crippen LogP contribution in [0.15, 0.2) is 84.6 Å². The Labute approximate surface area is 162 Å². The number of aromatic nitrogens is 1. The van der Waals surface area contributed by atoms with E-state index in [-0.39, 0.29) is 11.3 Å². The molecule has 2 aromatic carbocycles. The van der Waals surface area contributed by atoms with Crippen LogP contribution >= 0.6 is 0 Å². The van der Waals surface area contributed by atoms with Crippen molar-refractivity contribution >= 4 is 23.1 Å². The number of carbonyl (C=O) groups is 2. The third kappa shape index (κ3) is 2.97. The van der Waals surface area contributed by atoms with E-state index >= 15 is 0 Å². The minimum Gasteiger partial charge on any atom is -0.507 e. The number of rotatable bonds is 3. The number of amides is 1. The lowest BCUT2D eigenvalue weighted by molar-refractivity contribution is -0.132. The maximum absolute atomic E-state index is 12.9. The Balaban J connectivity index is 1.94. The van der Waals surface area contributed by atoms with Gasteiger partial charge in [-0.2, -0.15) is 0 Å². The molecule has 1 aromatic heterocycles. The van der Waals surface area contributed by atoms with Crippen molar-refractivity contribution in [2.75, 3.05) is 4.90 Å². The molecule has 1 amide bonds. The van der Waals surface area contributed by atoms with Crippen LogP contribution in [-0.4, -0.2) is 21.8 Å². The minimum atomic E-state index is -0.802. The molecule has 0 bridgehead atoms. The van der Waals surface area contributed by atoms with Gasteiger partial charge in [-0.05, 0) is 31.2 Å². The van der Waals surface area contributed by atoms with Gasteiger partial charge in [0, 0.05) is 17.4 Å². The van der Waals surface area contributed by atoms with Gasteiger partial charge in [0.2, 0.25) is 0 Å². The molecule has 0 spiro atoms. The van der Waals surface area contributed by atoms with Crippen LogP contribution in [0.25, 0.3) is 5.76 Å². The molecule has 3 aromatic rings. The molecule has 1 unspecified atom stereocenters. The van der Waals surface area contributed by atoms with E-state index in [9.17, 15) is 14.7 Å². The summed E-state index contributed by atoms with van der Waals surface area (Å²) < 4.78 is 0. The van der Waals surface area contributed by atoms with Gasteiger partial charge in [0.1, 0.15) is 11.8 Å². The smallest absolute Gasteiger partial charge is 0.300 e. The van der Waals surface area contributed by atoms with Crippen LogP contribution in [0.5, 0.6) is 0 Å². The van der Waals surface area contributed by atoms with Crippen molar-refractivity contribution in [1.82, 2.24) is 4.98 Å². The highest BCUT2D eigenvalue weighted by atomic mass is 16.3. The number of aliphatic hydroxyl groups excluding tert-OH is 1. The lowest BCUT2D eigenvalue weighted by atomic mass is 9.98. The Morgan fingerprint density at radius 1 is 0.929 bits per heavy atom. The Kier molecular flexibility index (Phi) is 4.49. The van der Waals surface area contributed by atoms with Crippen molar-refractivity contribution < 1.29 is 14.7 Å². The summed E-state index contributed by atoms with van der Waals surface area (Å²) in [4.78, 5) is 31.6. The summed E-state index contributed by atoms with van der Waals surface area (Å²) in [6, 6.07) is 20.6. The normalized spacial score (nSPS) is 18.5. The van der Waals surface area contributed by atoms with E-state index in [4.69, 9.17) is 0 Å². The summed E-state index contributed by atoms with van der Waals surface area (Å²) in [5, 5.41) is 10.9. The van der Waals surface area contributed by atoms with Gasteiger partial charge in [-0.1, -0.05) is 54.1 Å². The zero-order chi connectivity index (χ0) is 19.7. The fraction of sp³-hybridized carbons (Fsp3) is 0.0870. The lowest BCUT2D eigenvalue weighted by Gasteiger charge is -2.24. The second-order valence-corrected chi connectivity index (χ2v) is 6.63. The summed E-state index contributed by atoms with van der Waals surface area (Å²) >= 11 is 0. The van der Waals surface area contributed by atoms with E-state index < -0.39 is 17.7 Å². The largest absolute Gasteiger partial charge is 0.507 e. The van der Waals surface area contributed by atoms with Gasteiger partial charge < -0.3 is 5.11 Å². The van der Waals surface area contributed by atoms with E-state index in [1.165, 1.54) is 4.90 Å². The van der Waals surface area contributed by atoms with Crippen LogP contribution in [0.3, 0.4) is 0 Å². The third-order valence-electron chi connectivity index (χ3n) is 4.77. The monoisotopic (exact) mass is 370 g/mol. The second kappa shape index (κ2) is 7.12. The van der Waals surface area contributed by atoms with Gasteiger partial charge in [0.15, 0.2) is 0 Å². The average molecular weight is 370 g/mol. The van der Waals surface area contributed by atoms with Gasteiger partial charge in [0.25, 0.3) is 11.7 Å². The standard InChI is InChI=1S/C23H18N2O3/c1-15-10-12-17(13-11-15)25-20(18-9-5-6-14-24-18)19(22(27)23(25)28)21(26)16-7-3-2-4-8-16/h2-14,20,26H,1H3/b21-19-. The number of benzene rings is 2. The van der Waals surface area contributed by atoms with E-state index in [0.29, 0.717) is 16.9 Å². The summed E-state index contributed by atoms with van der Waals surface area (Å²) in [5.41, 5.74) is 2.65. The molecule has 1 aliphatic rings. The van der Waals surface area contributed by atoms with Crippen LogP contribution < -0.4 is 4.90 Å². The van der Waals surface area contributed by atoms with Gasteiger partial charge >= 0.3 is 0 Å².